The largest absolute Gasteiger partial charge is 0.480 e. The van der Waals surface area contributed by atoms with E-state index in [4.69, 9.17) is 0 Å². The summed E-state index contributed by atoms with van der Waals surface area (Å²) < 4.78 is 26.2. The fraction of sp³-hybridized carbons (Fsp3) is 0.176. The van der Waals surface area contributed by atoms with E-state index in [2.05, 4.69) is 5.32 Å². The second kappa shape index (κ2) is 7.49. The van der Waals surface area contributed by atoms with Gasteiger partial charge in [-0.2, -0.15) is 0 Å². The van der Waals surface area contributed by atoms with Gasteiger partial charge in [0.25, 0.3) is 0 Å². The lowest BCUT2D eigenvalue weighted by molar-refractivity contribution is -0.141. The maximum Gasteiger partial charge on any atom is 0.326 e. The van der Waals surface area contributed by atoms with E-state index in [0.717, 1.165) is 17.7 Å². The van der Waals surface area contributed by atoms with Crippen LogP contribution < -0.4 is 5.32 Å². The van der Waals surface area contributed by atoms with Gasteiger partial charge >= 0.3 is 5.97 Å². The summed E-state index contributed by atoms with van der Waals surface area (Å²) in [6, 6.07) is 10.5. The number of rotatable bonds is 6. The van der Waals surface area contributed by atoms with Crippen LogP contribution in [0.4, 0.5) is 8.78 Å². The molecular weight excluding hydrogens is 304 g/mol. The van der Waals surface area contributed by atoms with Crippen molar-refractivity contribution in [1.82, 2.24) is 5.32 Å². The van der Waals surface area contributed by atoms with Crippen LogP contribution in [-0.2, 0) is 22.4 Å². The molecule has 2 N–H and O–H groups in total. The smallest absolute Gasteiger partial charge is 0.326 e. The second-order valence-corrected chi connectivity index (χ2v) is 5.10. The van der Waals surface area contributed by atoms with Crippen LogP contribution in [0.15, 0.2) is 48.5 Å². The topological polar surface area (TPSA) is 66.4 Å². The molecule has 0 aliphatic heterocycles. The fourth-order valence-electron chi connectivity index (χ4n) is 2.19. The molecule has 6 heteroatoms. The zero-order valence-electron chi connectivity index (χ0n) is 12.1. The Hall–Kier alpha value is -2.76. The minimum atomic E-state index is -1.17. The lowest BCUT2D eigenvalue weighted by Gasteiger charge is -2.14. The predicted octanol–water partition coefficient (Wildman–Crippen LogP) is 2.32. The molecule has 2 aromatic rings. The normalized spacial score (nSPS) is 11.7. The van der Waals surface area contributed by atoms with Crippen LogP contribution in [0.5, 0.6) is 0 Å². The molecule has 2 rings (SSSR count). The second-order valence-electron chi connectivity index (χ2n) is 5.10. The maximum absolute atomic E-state index is 13.1. The van der Waals surface area contributed by atoms with Crippen LogP contribution in [0.25, 0.3) is 0 Å². The van der Waals surface area contributed by atoms with Crippen LogP contribution in [0.2, 0.25) is 0 Å². The molecule has 0 fully saturated rings. The SMILES string of the molecule is O=C(Cc1cc(F)cc(F)c1)N[C@@H](Cc1ccccc1)C(=O)O. The van der Waals surface area contributed by atoms with Crippen molar-refractivity contribution in [1.29, 1.82) is 0 Å². The maximum atomic E-state index is 13.1. The van der Waals surface area contributed by atoms with Crippen LogP contribution in [0.3, 0.4) is 0 Å². The Morgan fingerprint density at radius 3 is 2.17 bits per heavy atom. The highest BCUT2D eigenvalue weighted by molar-refractivity contribution is 5.85. The molecule has 0 heterocycles. The minimum absolute atomic E-state index is 0.124. The van der Waals surface area contributed by atoms with Crippen molar-refractivity contribution in [2.24, 2.45) is 0 Å². The fourth-order valence-corrected chi connectivity index (χ4v) is 2.19. The van der Waals surface area contributed by atoms with Gasteiger partial charge in [0.05, 0.1) is 6.42 Å². The van der Waals surface area contributed by atoms with Gasteiger partial charge < -0.3 is 10.4 Å². The van der Waals surface area contributed by atoms with Crippen LogP contribution >= 0.6 is 0 Å². The van der Waals surface area contributed by atoms with E-state index < -0.39 is 29.6 Å². The summed E-state index contributed by atoms with van der Waals surface area (Å²) in [6.45, 7) is 0. The van der Waals surface area contributed by atoms with Crippen molar-refractivity contribution in [3.63, 3.8) is 0 Å². The highest BCUT2D eigenvalue weighted by Crippen LogP contribution is 2.09. The van der Waals surface area contributed by atoms with Gasteiger partial charge in [0.1, 0.15) is 17.7 Å². The van der Waals surface area contributed by atoms with Gasteiger partial charge in [-0.15, -0.1) is 0 Å². The van der Waals surface area contributed by atoms with E-state index in [0.29, 0.717) is 6.07 Å². The van der Waals surface area contributed by atoms with Crippen molar-refractivity contribution in [3.05, 3.63) is 71.3 Å². The average Bonchev–Trinajstić information content (AvgIpc) is 2.46. The number of hydrogen-bond donors (Lipinski definition) is 2. The van der Waals surface area contributed by atoms with Gasteiger partial charge in [0.15, 0.2) is 0 Å². The highest BCUT2D eigenvalue weighted by Gasteiger charge is 2.20. The molecule has 0 aromatic heterocycles. The van der Waals surface area contributed by atoms with Gasteiger partial charge in [-0.05, 0) is 23.3 Å². The number of carboxylic acids is 1. The number of benzene rings is 2. The third-order valence-corrected chi connectivity index (χ3v) is 3.20. The molecule has 0 saturated heterocycles. The molecule has 0 aliphatic rings. The molecule has 4 nitrogen and oxygen atoms in total. The van der Waals surface area contributed by atoms with Crippen molar-refractivity contribution in [2.45, 2.75) is 18.9 Å². The summed E-state index contributed by atoms with van der Waals surface area (Å²) in [5.41, 5.74) is 0.904. The molecule has 0 aliphatic carbocycles. The molecule has 0 unspecified atom stereocenters. The predicted molar refractivity (Wildman–Crippen MR) is 79.8 cm³/mol. The van der Waals surface area contributed by atoms with Crippen molar-refractivity contribution in [2.75, 3.05) is 0 Å². The number of halogens is 2. The van der Waals surface area contributed by atoms with Crippen molar-refractivity contribution in [3.8, 4) is 0 Å². The number of nitrogens with one attached hydrogen (secondary N) is 1. The first kappa shape index (κ1) is 16.6. The summed E-state index contributed by atoms with van der Waals surface area (Å²) >= 11 is 0. The molecule has 120 valence electrons. The van der Waals surface area contributed by atoms with Gasteiger partial charge in [0.2, 0.25) is 5.91 Å². The summed E-state index contributed by atoms with van der Waals surface area (Å²) in [6.07, 6.45) is -0.174. The first-order valence-corrected chi connectivity index (χ1v) is 6.95. The number of hydrogen-bond acceptors (Lipinski definition) is 2. The molecule has 2 aromatic carbocycles. The number of amides is 1. The highest BCUT2D eigenvalue weighted by atomic mass is 19.1. The molecule has 23 heavy (non-hydrogen) atoms. The van der Waals surface area contributed by atoms with E-state index in [1.165, 1.54) is 0 Å². The molecule has 0 radical (unpaired) electrons. The first-order valence-electron chi connectivity index (χ1n) is 6.95. The zero-order chi connectivity index (χ0) is 16.8. The summed E-state index contributed by atoms with van der Waals surface area (Å²) in [7, 11) is 0. The van der Waals surface area contributed by atoms with Crippen LogP contribution in [0.1, 0.15) is 11.1 Å². The van der Waals surface area contributed by atoms with Gasteiger partial charge in [-0.25, -0.2) is 13.6 Å². The summed E-state index contributed by atoms with van der Waals surface area (Å²) in [4.78, 5) is 23.2. The lowest BCUT2D eigenvalue weighted by atomic mass is 10.1. The Balaban J connectivity index is 2.02. The van der Waals surface area contributed by atoms with E-state index in [1.54, 1.807) is 30.3 Å². The van der Waals surface area contributed by atoms with E-state index in [1.807, 2.05) is 0 Å². The molecule has 0 bridgehead atoms. The Labute approximate surface area is 131 Å². The van der Waals surface area contributed by atoms with Gasteiger partial charge in [-0.1, -0.05) is 30.3 Å². The Morgan fingerprint density at radius 1 is 1.00 bits per heavy atom. The Kier molecular flexibility index (Phi) is 5.41. The van der Waals surface area contributed by atoms with Crippen molar-refractivity contribution < 1.29 is 23.5 Å². The summed E-state index contributed by atoms with van der Waals surface area (Å²) in [5.74, 6) is -3.36. The van der Waals surface area contributed by atoms with Gasteiger partial charge in [-0.3, -0.25) is 4.79 Å². The third kappa shape index (κ3) is 5.18. The van der Waals surface area contributed by atoms with E-state index >= 15 is 0 Å². The van der Waals surface area contributed by atoms with Crippen LogP contribution in [0, 0.1) is 11.6 Å². The first-order chi connectivity index (χ1) is 10.9. The number of carboxylic acid groups (broad SMARTS) is 1. The minimum Gasteiger partial charge on any atom is -0.480 e. The van der Waals surface area contributed by atoms with Gasteiger partial charge in [0, 0.05) is 12.5 Å². The molecule has 0 saturated carbocycles. The van der Waals surface area contributed by atoms with Crippen molar-refractivity contribution >= 4 is 11.9 Å². The molecular formula is C17H15F2NO3. The number of aliphatic carboxylic acids is 1. The zero-order valence-corrected chi connectivity index (χ0v) is 12.1. The number of carbonyl (C=O) groups excluding carboxylic acids is 1. The average molecular weight is 319 g/mol. The summed E-state index contributed by atoms with van der Waals surface area (Å²) in [5, 5.41) is 11.6. The quantitative estimate of drug-likeness (QED) is 0.859. The molecule has 1 atom stereocenters. The lowest BCUT2D eigenvalue weighted by Crippen LogP contribution is -2.43. The Bertz CT molecular complexity index is 684. The Morgan fingerprint density at radius 2 is 1.61 bits per heavy atom. The molecule has 1 amide bonds. The molecule has 0 spiro atoms. The van der Waals surface area contributed by atoms with Crippen LogP contribution in [-0.4, -0.2) is 23.0 Å². The van der Waals surface area contributed by atoms with E-state index in [-0.39, 0.29) is 18.4 Å². The monoisotopic (exact) mass is 319 g/mol. The number of carbonyl (C=O) groups is 2. The van der Waals surface area contributed by atoms with E-state index in [9.17, 15) is 23.5 Å². The standard InChI is InChI=1S/C17H15F2NO3/c18-13-6-12(7-14(19)10-13)9-16(21)20-15(17(22)23)8-11-4-2-1-3-5-11/h1-7,10,15H,8-9H2,(H,20,21)(H,22,23)/t15-/m0/s1. The third-order valence-electron chi connectivity index (χ3n) is 3.20.